The third-order valence-corrected chi connectivity index (χ3v) is 5.16. The lowest BCUT2D eigenvalue weighted by molar-refractivity contribution is -0.132. The highest BCUT2D eigenvalue weighted by atomic mass is 32.5. The van der Waals surface area contributed by atoms with Crippen molar-refractivity contribution < 1.29 is 29.3 Å². The lowest BCUT2D eigenvalue weighted by atomic mass is 10.1. The minimum absolute atomic E-state index is 0.0485. The van der Waals surface area contributed by atoms with E-state index in [9.17, 15) is 24.2 Å². The minimum atomic E-state index is -9.82. The summed E-state index contributed by atoms with van der Waals surface area (Å²) in [6, 6.07) is 7.53. The SMILES string of the molecule is N#C/C(=C\c1cn(Cc2cccc(S(F)(F)(F)(F)F)c2)c2ncccc12)C(=O)O. The van der Waals surface area contributed by atoms with Gasteiger partial charge in [0.25, 0.3) is 0 Å². The predicted octanol–water partition coefficient (Wildman–Crippen LogP) is 5.73. The molecular weight excluding hydrogens is 417 g/mol. The molecule has 2 heterocycles. The number of rotatable bonds is 5. The summed E-state index contributed by atoms with van der Waals surface area (Å²) >= 11 is 0. The molecule has 3 aromatic rings. The van der Waals surface area contributed by atoms with Crippen molar-refractivity contribution in [1.82, 2.24) is 9.55 Å². The van der Waals surface area contributed by atoms with Crippen LogP contribution in [0.25, 0.3) is 17.1 Å². The average Bonchev–Trinajstić information content (AvgIpc) is 2.95. The first-order valence-corrected chi connectivity index (χ1v) is 9.85. The van der Waals surface area contributed by atoms with Gasteiger partial charge in [-0.05, 0) is 35.9 Å². The summed E-state index contributed by atoms with van der Waals surface area (Å²) in [5.41, 5.74) is -0.00141. The van der Waals surface area contributed by atoms with E-state index in [4.69, 9.17) is 10.4 Å². The first-order valence-electron chi connectivity index (χ1n) is 7.90. The molecule has 5 nitrogen and oxygen atoms in total. The van der Waals surface area contributed by atoms with Gasteiger partial charge in [0, 0.05) is 29.9 Å². The van der Waals surface area contributed by atoms with E-state index in [-0.39, 0.29) is 12.1 Å². The predicted molar refractivity (Wildman–Crippen MR) is 97.9 cm³/mol. The van der Waals surface area contributed by atoms with E-state index >= 15 is 0 Å². The maximum absolute atomic E-state index is 13.1. The Morgan fingerprint density at radius 1 is 1.21 bits per heavy atom. The third-order valence-electron chi connectivity index (χ3n) is 4.01. The molecular formula is C18H12F5N3O2S. The second-order valence-corrected chi connectivity index (χ2v) is 8.59. The van der Waals surface area contributed by atoms with E-state index in [0.29, 0.717) is 28.7 Å². The normalized spacial score (nSPS) is 14.8. The molecule has 29 heavy (non-hydrogen) atoms. The van der Waals surface area contributed by atoms with Gasteiger partial charge in [-0.25, -0.2) is 9.78 Å². The minimum Gasteiger partial charge on any atom is -0.477 e. The Kier molecular flexibility index (Phi) is 4.25. The smallest absolute Gasteiger partial charge is 0.346 e. The van der Waals surface area contributed by atoms with E-state index in [1.165, 1.54) is 29.1 Å². The van der Waals surface area contributed by atoms with Crippen LogP contribution in [0.4, 0.5) is 19.4 Å². The Morgan fingerprint density at radius 2 is 1.93 bits per heavy atom. The molecule has 3 rings (SSSR count). The van der Waals surface area contributed by atoms with Crippen molar-refractivity contribution in [1.29, 1.82) is 5.26 Å². The van der Waals surface area contributed by atoms with Crippen LogP contribution in [-0.2, 0) is 11.3 Å². The van der Waals surface area contributed by atoms with Gasteiger partial charge < -0.3 is 9.67 Å². The van der Waals surface area contributed by atoms with Gasteiger partial charge in [-0.2, -0.15) is 5.26 Å². The van der Waals surface area contributed by atoms with Crippen molar-refractivity contribution in [2.24, 2.45) is 0 Å². The summed E-state index contributed by atoms with van der Waals surface area (Å²) in [6.45, 7) is -0.224. The summed E-state index contributed by atoms with van der Waals surface area (Å²) in [6.07, 6.45) is 3.91. The Balaban J connectivity index is 2.10. The molecule has 1 aromatic carbocycles. The van der Waals surface area contributed by atoms with Gasteiger partial charge in [-0.15, -0.1) is 0 Å². The molecule has 0 saturated heterocycles. The van der Waals surface area contributed by atoms with Gasteiger partial charge >= 0.3 is 16.2 Å². The van der Waals surface area contributed by atoms with Crippen molar-refractivity contribution >= 4 is 33.3 Å². The van der Waals surface area contributed by atoms with Crippen molar-refractivity contribution in [2.75, 3.05) is 0 Å². The van der Waals surface area contributed by atoms with Crippen LogP contribution >= 0.6 is 10.2 Å². The third kappa shape index (κ3) is 4.38. The lowest BCUT2D eigenvalue weighted by Gasteiger charge is -2.40. The number of hydrogen-bond donors (Lipinski definition) is 1. The Morgan fingerprint density at radius 3 is 2.55 bits per heavy atom. The summed E-state index contributed by atoms with van der Waals surface area (Å²) in [5, 5.41) is 18.4. The first kappa shape index (κ1) is 20.3. The maximum atomic E-state index is 13.1. The molecule has 0 aliphatic heterocycles. The molecule has 0 radical (unpaired) electrons. The van der Waals surface area contributed by atoms with E-state index in [2.05, 4.69) is 4.98 Å². The highest BCUT2D eigenvalue weighted by Gasteiger charge is 2.65. The zero-order chi connectivity index (χ0) is 21.5. The number of nitrogens with zero attached hydrogens (tertiary/aromatic N) is 3. The quantitative estimate of drug-likeness (QED) is 0.319. The molecule has 11 heteroatoms. The topological polar surface area (TPSA) is 78.9 Å². The number of aromatic nitrogens is 2. The zero-order valence-corrected chi connectivity index (χ0v) is 15.2. The molecule has 0 unspecified atom stereocenters. The molecule has 0 aliphatic carbocycles. The van der Waals surface area contributed by atoms with Crippen molar-refractivity contribution in [2.45, 2.75) is 11.4 Å². The van der Waals surface area contributed by atoms with Crippen LogP contribution in [0.15, 0.2) is 59.3 Å². The second kappa shape index (κ2) is 6.05. The Bertz CT molecular complexity index is 1210. The largest absolute Gasteiger partial charge is 0.477 e. The number of carbonyl (C=O) groups is 1. The number of aliphatic carboxylic acids is 1. The van der Waals surface area contributed by atoms with Gasteiger partial charge in [-0.1, -0.05) is 31.6 Å². The molecule has 0 amide bonds. The van der Waals surface area contributed by atoms with Gasteiger partial charge in [0.2, 0.25) is 0 Å². The van der Waals surface area contributed by atoms with E-state index in [1.54, 1.807) is 12.1 Å². The molecule has 1 N–H and O–H groups in total. The molecule has 0 saturated carbocycles. The van der Waals surface area contributed by atoms with Crippen LogP contribution < -0.4 is 0 Å². The lowest BCUT2D eigenvalue weighted by Crippen LogP contribution is -2.07. The number of carboxylic acid groups (broad SMARTS) is 1. The summed E-state index contributed by atoms with van der Waals surface area (Å²) in [7, 11) is -9.82. The van der Waals surface area contributed by atoms with Crippen molar-refractivity contribution in [3.63, 3.8) is 0 Å². The number of nitriles is 1. The fourth-order valence-electron chi connectivity index (χ4n) is 2.76. The summed E-state index contributed by atoms with van der Waals surface area (Å²) < 4.78 is 66.7. The van der Waals surface area contributed by atoms with E-state index in [1.807, 2.05) is 0 Å². The van der Waals surface area contributed by atoms with Crippen LogP contribution in [0.5, 0.6) is 0 Å². The summed E-state index contributed by atoms with van der Waals surface area (Å²) in [4.78, 5) is 13.2. The van der Waals surface area contributed by atoms with Gasteiger partial charge in [0.15, 0.2) is 0 Å². The Labute approximate surface area is 161 Å². The van der Waals surface area contributed by atoms with Crippen LogP contribution in [0, 0.1) is 11.3 Å². The number of hydrogen-bond acceptors (Lipinski definition) is 3. The number of benzene rings is 1. The van der Waals surface area contributed by atoms with E-state index < -0.39 is 26.7 Å². The van der Waals surface area contributed by atoms with E-state index in [0.717, 1.165) is 12.1 Å². The average molecular weight is 429 g/mol. The van der Waals surface area contributed by atoms with Gasteiger partial charge in [-0.3, -0.25) is 0 Å². The maximum Gasteiger partial charge on any atom is 0.346 e. The summed E-state index contributed by atoms with van der Waals surface area (Å²) in [5.74, 6) is -1.44. The molecule has 0 spiro atoms. The number of carboxylic acids is 1. The molecule has 0 bridgehead atoms. The van der Waals surface area contributed by atoms with Gasteiger partial charge in [0.1, 0.15) is 22.2 Å². The Hall–Kier alpha value is -3.39. The van der Waals surface area contributed by atoms with Crippen LogP contribution in [0.2, 0.25) is 0 Å². The number of pyridine rings is 1. The molecule has 152 valence electrons. The van der Waals surface area contributed by atoms with Gasteiger partial charge in [0.05, 0.1) is 0 Å². The van der Waals surface area contributed by atoms with Crippen molar-refractivity contribution in [3.8, 4) is 6.07 Å². The van der Waals surface area contributed by atoms with Crippen molar-refractivity contribution in [3.05, 3.63) is 65.5 Å². The fourth-order valence-corrected chi connectivity index (χ4v) is 3.47. The highest BCUT2D eigenvalue weighted by Crippen LogP contribution is 3.02. The standard InChI is InChI=1S/C18H12F5N3O2S/c19-29(20,21,22,23)15-4-1-3-12(7-15)10-26-11-14(8-13(9-24)18(27)28)16-5-2-6-25-17(16)26/h1-8,11H,10H2,(H,27,28)/b13-8+. The highest BCUT2D eigenvalue weighted by molar-refractivity contribution is 8.45. The second-order valence-electron chi connectivity index (χ2n) is 6.18. The molecule has 2 aromatic heterocycles. The number of fused-ring (bicyclic) bond motifs is 1. The monoisotopic (exact) mass is 429 g/mol. The zero-order valence-electron chi connectivity index (χ0n) is 14.4. The van der Waals surface area contributed by atoms with Crippen LogP contribution in [0.3, 0.4) is 0 Å². The molecule has 0 fully saturated rings. The van der Waals surface area contributed by atoms with Crippen LogP contribution in [-0.4, -0.2) is 20.6 Å². The first-order chi connectivity index (χ1) is 13.3. The fraction of sp³-hybridized carbons (Fsp3) is 0.0556. The van der Waals surface area contributed by atoms with Crippen LogP contribution in [0.1, 0.15) is 11.1 Å². The number of halogens is 5. The molecule has 0 atom stereocenters. The molecule has 0 aliphatic rings.